The van der Waals surface area contributed by atoms with Gasteiger partial charge in [-0.1, -0.05) is 24.3 Å². The zero-order valence-electron chi connectivity index (χ0n) is 17.1. The van der Waals surface area contributed by atoms with Gasteiger partial charge in [0.2, 0.25) is 0 Å². The maximum atomic E-state index is 12.6. The monoisotopic (exact) mass is 382 g/mol. The number of aryl methyl sites for hydroxylation is 2. The van der Waals surface area contributed by atoms with Crippen molar-refractivity contribution in [3.05, 3.63) is 59.2 Å². The fraction of sp³-hybridized carbons (Fsp3) is 0.435. The number of rotatable bonds is 6. The van der Waals surface area contributed by atoms with Gasteiger partial charge >= 0.3 is 0 Å². The number of carbonyl (C=O) groups is 1. The molecule has 1 saturated heterocycles. The minimum atomic E-state index is 0.0622. The van der Waals surface area contributed by atoms with Crippen LogP contribution < -0.4 is 9.47 Å². The van der Waals surface area contributed by atoms with Crippen LogP contribution in [0.3, 0.4) is 0 Å². The Bertz CT molecular complexity index is 789. The number of hydrogen-bond donors (Lipinski definition) is 0. The van der Waals surface area contributed by atoms with E-state index in [1.807, 2.05) is 43.0 Å². The number of nitrogens with zero attached hydrogens (tertiary/aromatic N) is 2. The lowest BCUT2D eigenvalue weighted by Crippen LogP contribution is -2.38. The largest absolute Gasteiger partial charge is 0.497 e. The summed E-state index contributed by atoms with van der Waals surface area (Å²) < 4.78 is 11.0. The fourth-order valence-electron chi connectivity index (χ4n) is 3.46. The van der Waals surface area contributed by atoms with Crippen molar-refractivity contribution < 1.29 is 14.3 Å². The van der Waals surface area contributed by atoms with Crippen LogP contribution in [0.25, 0.3) is 0 Å². The third-order valence-corrected chi connectivity index (χ3v) is 5.20. The van der Waals surface area contributed by atoms with E-state index in [2.05, 4.69) is 23.1 Å². The van der Waals surface area contributed by atoms with Crippen molar-refractivity contribution in [2.24, 2.45) is 0 Å². The van der Waals surface area contributed by atoms with Crippen LogP contribution in [0.2, 0.25) is 0 Å². The molecule has 5 heteroatoms. The molecular formula is C23H30N2O3. The highest BCUT2D eigenvalue weighted by molar-refractivity contribution is 5.77. The highest BCUT2D eigenvalue weighted by Crippen LogP contribution is 2.19. The Morgan fingerprint density at radius 1 is 1.00 bits per heavy atom. The molecule has 1 aliphatic heterocycles. The first kappa shape index (κ1) is 20.2. The smallest absolute Gasteiger partial charge is 0.260 e. The number of carbonyl (C=O) groups excluding carboxylic acids is 1. The minimum Gasteiger partial charge on any atom is -0.497 e. The van der Waals surface area contributed by atoms with Gasteiger partial charge in [-0.15, -0.1) is 0 Å². The van der Waals surface area contributed by atoms with Crippen LogP contribution in [0.4, 0.5) is 0 Å². The van der Waals surface area contributed by atoms with E-state index in [-0.39, 0.29) is 12.5 Å². The highest BCUT2D eigenvalue weighted by atomic mass is 16.5. The molecule has 1 amide bonds. The van der Waals surface area contributed by atoms with Gasteiger partial charge in [0, 0.05) is 32.7 Å². The van der Waals surface area contributed by atoms with Gasteiger partial charge in [0.05, 0.1) is 7.11 Å². The number of amides is 1. The zero-order valence-corrected chi connectivity index (χ0v) is 17.1. The third-order valence-electron chi connectivity index (χ3n) is 5.20. The van der Waals surface area contributed by atoms with E-state index < -0.39 is 0 Å². The lowest BCUT2D eigenvalue weighted by atomic mass is 10.1. The van der Waals surface area contributed by atoms with E-state index in [4.69, 9.17) is 9.47 Å². The molecule has 2 aromatic carbocycles. The van der Waals surface area contributed by atoms with Crippen molar-refractivity contribution in [2.75, 3.05) is 39.9 Å². The third kappa shape index (κ3) is 5.49. The summed E-state index contributed by atoms with van der Waals surface area (Å²) >= 11 is 0. The maximum absolute atomic E-state index is 12.6. The molecule has 3 rings (SSSR count). The van der Waals surface area contributed by atoms with E-state index in [1.54, 1.807) is 7.11 Å². The molecule has 5 nitrogen and oxygen atoms in total. The average molecular weight is 383 g/mol. The van der Waals surface area contributed by atoms with Crippen LogP contribution in [-0.2, 0) is 11.3 Å². The topological polar surface area (TPSA) is 42.0 Å². The van der Waals surface area contributed by atoms with Gasteiger partial charge in [0.25, 0.3) is 5.91 Å². The van der Waals surface area contributed by atoms with Crippen LogP contribution in [0.15, 0.2) is 42.5 Å². The van der Waals surface area contributed by atoms with Gasteiger partial charge in [-0.05, 0) is 55.2 Å². The predicted molar refractivity (Wildman–Crippen MR) is 111 cm³/mol. The summed E-state index contributed by atoms with van der Waals surface area (Å²) in [4.78, 5) is 17.0. The summed E-state index contributed by atoms with van der Waals surface area (Å²) in [5.41, 5.74) is 3.45. The van der Waals surface area contributed by atoms with Crippen molar-refractivity contribution in [1.82, 2.24) is 9.80 Å². The molecular weight excluding hydrogens is 352 g/mol. The number of benzene rings is 2. The SMILES string of the molecule is COc1ccc(CN2CCCN(C(=O)COc3cc(C)ccc3C)CC2)cc1. The first-order chi connectivity index (χ1) is 13.5. The van der Waals surface area contributed by atoms with Gasteiger partial charge in [0.1, 0.15) is 11.5 Å². The van der Waals surface area contributed by atoms with Gasteiger partial charge in [-0.2, -0.15) is 0 Å². The predicted octanol–water partition coefficient (Wildman–Crippen LogP) is 3.43. The second-order valence-electron chi connectivity index (χ2n) is 7.42. The Morgan fingerprint density at radius 2 is 1.79 bits per heavy atom. The summed E-state index contributed by atoms with van der Waals surface area (Å²) in [6.45, 7) is 8.42. The van der Waals surface area contributed by atoms with Crippen LogP contribution in [0.5, 0.6) is 11.5 Å². The first-order valence-electron chi connectivity index (χ1n) is 9.88. The van der Waals surface area contributed by atoms with Crippen molar-refractivity contribution in [3.63, 3.8) is 0 Å². The van der Waals surface area contributed by atoms with Crippen molar-refractivity contribution in [2.45, 2.75) is 26.8 Å². The van der Waals surface area contributed by atoms with E-state index in [9.17, 15) is 4.79 Å². The fourth-order valence-corrected chi connectivity index (χ4v) is 3.46. The highest BCUT2D eigenvalue weighted by Gasteiger charge is 2.20. The van der Waals surface area contributed by atoms with Crippen LogP contribution in [0, 0.1) is 13.8 Å². The number of methoxy groups -OCH3 is 1. The van der Waals surface area contributed by atoms with Crippen LogP contribution in [0.1, 0.15) is 23.1 Å². The summed E-state index contributed by atoms with van der Waals surface area (Å²) in [6, 6.07) is 14.3. The maximum Gasteiger partial charge on any atom is 0.260 e. The molecule has 1 heterocycles. The second-order valence-corrected chi connectivity index (χ2v) is 7.42. The van der Waals surface area contributed by atoms with Gasteiger partial charge < -0.3 is 14.4 Å². The Morgan fingerprint density at radius 3 is 2.54 bits per heavy atom. The molecule has 1 fully saturated rings. The van der Waals surface area contributed by atoms with E-state index in [1.165, 1.54) is 5.56 Å². The Hall–Kier alpha value is -2.53. The van der Waals surface area contributed by atoms with E-state index in [0.29, 0.717) is 0 Å². The molecule has 0 saturated carbocycles. The Balaban J connectivity index is 1.49. The quantitative estimate of drug-likeness (QED) is 0.768. The van der Waals surface area contributed by atoms with E-state index >= 15 is 0 Å². The molecule has 0 aromatic heterocycles. The van der Waals surface area contributed by atoms with Crippen LogP contribution >= 0.6 is 0 Å². The van der Waals surface area contributed by atoms with Gasteiger partial charge in [0.15, 0.2) is 6.61 Å². The lowest BCUT2D eigenvalue weighted by Gasteiger charge is -2.22. The molecule has 0 N–H and O–H groups in total. The summed E-state index contributed by atoms with van der Waals surface area (Å²) in [7, 11) is 1.68. The van der Waals surface area contributed by atoms with Crippen molar-refractivity contribution in [3.8, 4) is 11.5 Å². The van der Waals surface area contributed by atoms with Crippen LogP contribution in [-0.4, -0.2) is 55.6 Å². The molecule has 0 aliphatic carbocycles. The molecule has 28 heavy (non-hydrogen) atoms. The molecule has 0 atom stereocenters. The summed E-state index contributed by atoms with van der Waals surface area (Å²) in [5, 5.41) is 0. The average Bonchev–Trinajstić information content (AvgIpc) is 2.94. The zero-order chi connectivity index (χ0) is 19.9. The summed E-state index contributed by atoms with van der Waals surface area (Å²) in [5.74, 6) is 1.73. The number of ether oxygens (including phenoxy) is 2. The lowest BCUT2D eigenvalue weighted by molar-refractivity contribution is -0.133. The van der Waals surface area contributed by atoms with Gasteiger partial charge in [-0.3, -0.25) is 9.69 Å². The standard InChI is InChI=1S/C23H30N2O3/c1-18-5-6-19(2)22(15-18)28-17-23(26)25-12-4-11-24(13-14-25)16-20-7-9-21(27-3)10-8-20/h5-10,15H,4,11-14,16-17H2,1-3H3. The molecule has 1 aliphatic rings. The second kappa shape index (κ2) is 9.60. The van der Waals surface area contributed by atoms with Crippen molar-refractivity contribution in [1.29, 1.82) is 0 Å². The Labute approximate surface area is 167 Å². The number of hydrogen-bond acceptors (Lipinski definition) is 4. The minimum absolute atomic E-state index is 0.0622. The summed E-state index contributed by atoms with van der Waals surface area (Å²) in [6.07, 6.45) is 0.978. The Kier molecular flexibility index (Phi) is 6.93. The molecule has 0 radical (unpaired) electrons. The van der Waals surface area contributed by atoms with E-state index in [0.717, 1.165) is 61.8 Å². The normalized spacial score (nSPS) is 15.2. The molecule has 0 spiro atoms. The molecule has 0 bridgehead atoms. The molecule has 2 aromatic rings. The molecule has 0 unspecified atom stereocenters. The molecule has 150 valence electrons. The van der Waals surface area contributed by atoms with Gasteiger partial charge in [-0.25, -0.2) is 0 Å². The van der Waals surface area contributed by atoms with Crippen molar-refractivity contribution >= 4 is 5.91 Å². The first-order valence-corrected chi connectivity index (χ1v) is 9.88.